The highest BCUT2D eigenvalue weighted by atomic mass is 35.5. The molecule has 0 aliphatic carbocycles. The van der Waals surface area contributed by atoms with Crippen molar-refractivity contribution in [2.24, 2.45) is 0 Å². The van der Waals surface area contributed by atoms with Gasteiger partial charge in [0.1, 0.15) is 5.02 Å². The summed E-state index contributed by atoms with van der Waals surface area (Å²) in [5, 5.41) is 13.4. The lowest BCUT2D eigenvalue weighted by Gasteiger charge is -2.19. The number of aliphatic carboxylic acids is 1. The largest absolute Gasteiger partial charge is 0.478 e. The normalized spacial score (nSPS) is 11.3. The quantitative estimate of drug-likeness (QED) is 0.935. The second-order valence-corrected chi connectivity index (χ2v) is 4.89. The number of benzene rings is 1. The average Bonchev–Trinajstić information content (AvgIpc) is 2.71. The summed E-state index contributed by atoms with van der Waals surface area (Å²) in [6.45, 7) is 2.88. The van der Waals surface area contributed by atoms with Crippen LogP contribution in [0.4, 0.5) is 0 Å². The Morgan fingerprint density at radius 2 is 2.00 bits per heavy atom. The molecule has 1 aromatic heterocycles. The van der Waals surface area contributed by atoms with Crippen LogP contribution in [0.5, 0.6) is 5.88 Å². The summed E-state index contributed by atoms with van der Waals surface area (Å²) >= 11 is 6.00. The first kappa shape index (κ1) is 13.4. The molecule has 0 bridgehead atoms. The molecule has 0 saturated heterocycles. The first-order valence-corrected chi connectivity index (χ1v) is 6.01. The van der Waals surface area contributed by atoms with E-state index in [-0.39, 0.29) is 10.9 Å². The van der Waals surface area contributed by atoms with Gasteiger partial charge < -0.3 is 9.84 Å². The minimum absolute atomic E-state index is 0.0953. The fourth-order valence-corrected chi connectivity index (χ4v) is 1.57. The van der Waals surface area contributed by atoms with Crippen molar-refractivity contribution in [3.63, 3.8) is 0 Å². The molecular formula is C13H13ClN2O3. The van der Waals surface area contributed by atoms with Crippen molar-refractivity contribution in [2.75, 3.05) is 0 Å². The van der Waals surface area contributed by atoms with Crippen LogP contribution in [0.1, 0.15) is 13.8 Å². The second kappa shape index (κ2) is 4.93. The number of ether oxygens (including phenoxy) is 1. The lowest BCUT2D eigenvalue weighted by Crippen LogP contribution is -2.38. The van der Waals surface area contributed by atoms with E-state index in [2.05, 4.69) is 5.10 Å². The van der Waals surface area contributed by atoms with Crippen molar-refractivity contribution in [3.05, 3.63) is 41.6 Å². The molecule has 6 heteroatoms. The maximum absolute atomic E-state index is 11.0. The first-order valence-electron chi connectivity index (χ1n) is 5.63. The van der Waals surface area contributed by atoms with E-state index < -0.39 is 11.6 Å². The molecule has 19 heavy (non-hydrogen) atoms. The summed E-state index contributed by atoms with van der Waals surface area (Å²) < 4.78 is 6.87. The summed E-state index contributed by atoms with van der Waals surface area (Å²) in [6.07, 6.45) is 1.57. The van der Waals surface area contributed by atoms with E-state index in [4.69, 9.17) is 21.4 Å². The van der Waals surface area contributed by atoms with Crippen LogP contribution in [0.15, 0.2) is 36.5 Å². The average molecular weight is 281 g/mol. The number of rotatable bonds is 4. The van der Waals surface area contributed by atoms with Gasteiger partial charge in [-0.2, -0.15) is 0 Å². The van der Waals surface area contributed by atoms with Crippen LogP contribution >= 0.6 is 11.6 Å². The number of para-hydroxylation sites is 1. The van der Waals surface area contributed by atoms with Crippen LogP contribution in [0.25, 0.3) is 5.69 Å². The highest BCUT2D eigenvalue weighted by Gasteiger charge is 2.31. The number of carboxylic acid groups (broad SMARTS) is 1. The highest BCUT2D eigenvalue weighted by molar-refractivity contribution is 6.31. The van der Waals surface area contributed by atoms with Crippen molar-refractivity contribution in [3.8, 4) is 11.6 Å². The van der Waals surface area contributed by atoms with Gasteiger partial charge in [0.15, 0.2) is 0 Å². The molecule has 0 atom stereocenters. The monoisotopic (exact) mass is 280 g/mol. The van der Waals surface area contributed by atoms with Crippen LogP contribution in [0.2, 0.25) is 5.02 Å². The Morgan fingerprint density at radius 1 is 1.37 bits per heavy atom. The molecule has 0 aliphatic rings. The number of carboxylic acids is 1. The van der Waals surface area contributed by atoms with Gasteiger partial charge in [0, 0.05) is 0 Å². The summed E-state index contributed by atoms with van der Waals surface area (Å²) in [6, 6.07) is 9.34. The number of carbonyl (C=O) groups is 1. The summed E-state index contributed by atoms with van der Waals surface area (Å²) in [4.78, 5) is 11.0. The Balaban J connectivity index is 2.30. The van der Waals surface area contributed by atoms with Gasteiger partial charge in [-0.05, 0) is 26.0 Å². The number of hydrogen-bond acceptors (Lipinski definition) is 3. The van der Waals surface area contributed by atoms with E-state index in [1.165, 1.54) is 18.5 Å². The Kier molecular flexibility index (Phi) is 3.48. The predicted octanol–water partition coefficient (Wildman–Crippen LogP) is 2.77. The van der Waals surface area contributed by atoms with E-state index >= 15 is 0 Å². The molecule has 0 amide bonds. The van der Waals surface area contributed by atoms with Crippen LogP contribution in [-0.4, -0.2) is 26.5 Å². The van der Waals surface area contributed by atoms with Gasteiger partial charge in [0.2, 0.25) is 5.60 Å². The fourth-order valence-electron chi connectivity index (χ4n) is 1.40. The molecule has 5 nitrogen and oxygen atoms in total. The van der Waals surface area contributed by atoms with Crippen LogP contribution in [0.3, 0.4) is 0 Å². The lowest BCUT2D eigenvalue weighted by molar-refractivity contribution is -0.152. The molecule has 0 unspecified atom stereocenters. The molecule has 100 valence electrons. The molecule has 0 aliphatic heterocycles. The summed E-state index contributed by atoms with van der Waals surface area (Å²) in [5.41, 5.74) is -0.577. The van der Waals surface area contributed by atoms with Gasteiger partial charge in [-0.25, -0.2) is 9.48 Å². The maximum atomic E-state index is 11.0. The lowest BCUT2D eigenvalue weighted by atomic mass is 10.1. The van der Waals surface area contributed by atoms with E-state index in [0.717, 1.165) is 5.69 Å². The zero-order valence-electron chi connectivity index (χ0n) is 10.5. The zero-order valence-corrected chi connectivity index (χ0v) is 11.3. The van der Waals surface area contributed by atoms with Crippen LogP contribution in [-0.2, 0) is 4.79 Å². The van der Waals surface area contributed by atoms with E-state index in [1.54, 1.807) is 6.20 Å². The van der Waals surface area contributed by atoms with Gasteiger partial charge in [-0.1, -0.05) is 29.8 Å². The Hall–Kier alpha value is -2.01. The van der Waals surface area contributed by atoms with Crippen molar-refractivity contribution >= 4 is 17.6 Å². The second-order valence-electron chi connectivity index (χ2n) is 4.48. The third-order valence-corrected chi connectivity index (χ3v) is 2.79. The topological polar surface area (TPSA) is 64.4 Å². The van der Waals surface area contributed by atoms with Crippen molar-refractivity contribution in [1.82, 2.24) is 9.78 Å². The minimum Gasteiger partial charge on any atom is -0.478 e. The molecule has 1 heterocycles. The molecule has 0 spiro atoms. The third-order valence-electron chi connectivity index (χ3n) is 2.53. The van der Waals surface area contributed by atoms with Gasteiger partial charge in [0.05, 0.1) is 11.9 Å². The van der Waals surface area contributed by atoms with E-state index in [0.29, 0.717) is 0 Å². The minimum atomic E-state index is -1.39. The summed E-state index contributed by atoms with van der Waals surface area (Å²) in [7, 11) is 0. The number of nitrogens with zero attached hydrogens (tertiary/aromatic N) is 2. The Labute approximate surface area is 115 Å². The highest BCUT2D eigenvalue weighted by Crippen LogP contribution is 2.27. The molecule has 1 N–H and O–H groups in total. The number of halogens is 1. The standard InChI is InChI=1S/C13H13ClN2O3/c1-13(2,12(17)18)19-11-10(14)8-16(15-11)9-6-4-3-5-7-9/h3-8H,1-2H3,(H,17,18). The fraction of sp³-hybridized carbons (Fsp3) is 0.231. The number of aromatic nitrogens is 2. The Morgan fingerprint density at radius 3 is 2.58 bits per heavy atom. The van der Waals surface area contributed by atoms with Gasteiger partial charge in [-0.3, -0.25) is 0 Å². The van der Waals surface area contributed by atoms with Gasteiger partial charge >= 0.3 is 5.97 Å². The van der Waals surface area contributed by atoms with E-state index in [9.17, 15) is 4.79 Å². The van der Waals surface area contributed by atoms with E-state index in [1.807, 2.05) is 30.3 Å². The van der Waals surface area contributed by atoms with Crippen molar-refractivity contribution in [2.45, 2.75) is 19.4 Å². The van der Waals surface area contributed by atoms with Crippen molar-refractivity contribution < 1.29 is 14.6 Å². The molecule has 0 radical (unpaired) electrons. The summed E-state index contributed by atoms with van der Waals surface area (Å²) in [5.74, 6) is -0.990. The van der Waals surface area contributed by atoms with Gasteiger partial charge in [-0.15, -0.1) is 5.10 Å². The van der Waals surface area contributed by atoms with Gasteiger partial charge in [0.25, 0.3) is 5.88 Å². The number of hydrogen-bond donors (Lipinski definition) is 1. The molecular weight excluding hydrogens is 268 g/mol. The molecule has 2 aromatic rings. The smallest absolute Gasteiger partial charge is 0.347 e. The molecule has 0 saturated carbocycles. The predicted molar refractivity (Wildman–Crippen MR) is 70.9 cm³/mol. The third kappa shape index (κ3) is 2.88. The molecule has 1 aromatic carbocycles. The van der Waals surface area contributed by atoms with Crippen LogP contribution in [0, 0.1) is 0 Å². The van der Waals surface area contributed by atoms with Crippen LogP contribution < -0.4 is 4.74 Å². The molecule has 2 rings (SSSR count). The SMILES string of the molecule is CC(C)(Oc1nn(-c2ccccc2)cc1Cl)C(=O)O. The zero-order chi connectivity index (χ0) is 14.0. The molecule has 0 fully saturated rings. The maximum Gasteiger partial charge on any atom is 0.347 e. The Bertz CT molecular complexity index is 593. The first-order chi connectivity index (χ1) is 8.90. The van der Waals surface area contributed by atoms with Crippen molar-refractivity contribution in [1.29, 1.82) is 0 Å².